The first kappa shape index (κ1) is 18.1. The Labute approximate surface area is 158 Å². The molecule has 2 aliphatic carbocycles. The number of amides is 2. The number of carbonyl (C=O) groups excluding carboxylic acids is 2. The van der Waals surface area contributed by atoms with Crippen LogP contribution in [0.1, 0.15) is 42.5 Å². The molecule has 1 aliphatic heterocycles. The molecular formula is C20H26N2O5. The highest BCUT2D eigenvalue weighted by molar-refractivity contribution is 5.99. The Balaban J connectivity index is 1.38. The summed E-state index contributed by atoms with van der Waals surface area (Å²) in [5.74, 6) is -0.279. The maximum atomic E-state index is 12.9. The van der Waals surface area contributed by atoms with Crippen LogP contribution in [0.4, 0.5) is 0 Å². The zero-order valence-corrected chi connectivity index (χ0v) is 15.2. The second-order valence-corrected chi connectivity index (χ2v) is 8.18. The summed E-state index contributed by atoms with van der Waals surface area (Å²) in [7, 11) is 0. The van der Waals surface area contributed by atoms with Crippen LogP contribution in [-0.2, 0) is 4.79 Å². The summed E-state index contributed by atoms with van der Waals surface area (Å²) in [6, 6.07) is 3.49. The SMILES string of the molecule is O=C(N[C@@H]1C[C@H](C(=O)N2C[C@H]3CCC[C@H]3C2)C[C@H]1O)c1c(O)cccc1O. The summed E-state index contributed by atoms with van der Waals surface area (Å²) in [5.41, 5.74) is -0.216. The van der Waals surface area contributed by atoms with Gasteiger partial charge in [-0.1, -0.05) is 12.5 Å². The van der Waals surface area contributed by atoms with Crippen LogP contribution < -0.4 is 5.32 Å². The molecule has 3 fully saturated rings. The lowest BCUT2D eigenvalue weighted by Crippen LogP contribution is -2.40. The smallest absolute Gasteiger partial charge is 0.259 e. The average molecular weight is 374 g/mol. The lowest BCUT2D eigenvalue weighted by Gasteiger charge is -2.21. The first-order valence-electron chi connectivity index (χ1n) is 9.72. The van der Waals surface area contributed by atoms with E-state index in [1.807, 2.05) is 4.90 Å². The Morgan fingerprint density at radius 3 is 2.30 bits per heavy atom. The van der Waals surface area contributed by atoms with E-state index in [9.17, 15) is 24.9 Å². The summed E-state index contributed by atoms with van der Waals surface area (Å²) in [5, 5.41) is 32.6. The highest BCUT2D eigenvalue weighted by Gasteiger charge is 2.44. The van der Waals surface area contributed by atoms with E-state index in [2.05, 4.69) is 5.32 Å². The molecule has 0 aromatic heterocycles. The molecule has 0 bridgehead atoms. The van der Waals surface area contributed by atoms with Gasteiger partial charge in [0.15, 0.2) is 0 Å². The van der Waals surface area contributed by atoms with Crippen molar-refractivity contribution in [2.45, 2.75) is 44.2 Å². The molecule has 1 aromatic carbocycles. The molecule has 5 atom stereocenters. The molecule has 4 rings (SSSR count). The van der Waals surface area contributed by atoms with Gasteiger partial charge in [0, 0.05) is 19.0 Å². The Morgan fingerprint density at radius 1 is 1.04 bits per heavy atom. The van der Waals surface area contributed by atoms with Crippen LogP contribution in [0.3, 0.4) is 0 Å². The van der Waals surface area contributed by atoms with Crippen molar-refractivity contribution < 1.29 is 24.9 Å². The number of aliphatic hydroxyl groups excluding tert-OH is 1. The Bertz CT molecular complexity index is 720. The molecule has 4 N–H and O–H groups in total. The molecule has 1 heterocycles. The van der Waals surface area contributed by atoms with Crippen LogP contribution in [0, 0.1) is 17.8 Å². The maximum Gasteiger partial charge on any atom is 0.259 e. The van der Waals surface area contributed by atoms with Crippen molar-refractivity contribution in [3.05, 3.63) is 23.8 Å². The van der Waals surface area contributed by atoms with E-state index >= 15 is 0 Å². The number of nitrogens with one attached hydrogen (secondary N) is 1. The van der Waals surface area contributed by atoms with Crippen LogP contribution in [0.5, 0.6) is 11.5 Å². The number of rotatable bonds is 3. The lowest BCUT2D eigenvalue weighted by atomic mass is 10.0. The molecule has 2 amide bonds. The number of phenolic OH excluding ortho intramolecular Hbond substituents is 2. The van der Waals surface area contributed by atoms with Crippen LogP contribution in [0.2, 0.25) is 0 Å². The molecule has 0 radical (unpaired) electrons. The maximum absolute atomic E-state index is 12.9. The largest absolute Gasteiger partial charge is 0.507 e. The van der Waals surface area contributed by atoms with Gasteiger partial charge in [-0.2, -0.15) is 0 Å². The Hall–Kier alpha value is -2.28. The molecule has 0 spiro atoms. The van der Waals surface area contributed by atoms with Gasteiger partial charge < -0.3 is 25.5 Å². The standard InChI is InChI=1S/C20H26N2O5/c23-15-5-2-6-16(24)18(15)19(26)21-14-7-13(8-17(14)25)20(27)22-9-11-3-1-4-12(11)10-22/h2,5-6,11-14,17,23-25H,1,3-4,7-10H2,(H,21,26)/t11-,12+,13-,14+,17+/m0/s1. The van der Waals surface area contributed by atoms with Crippen molar-refractivity contribution in [3.8, 4) is 11.5 Å². The van der Waals surface area contributed by atoms with Gasteiger partial charge in [0.1, 0.15) is 17.1 Å². The van der Waals surface area contributed by atoms with Crippen molar-refractivity contribution in [3.63, 3.8) is 0 Å². The molecule has 2 saturated carbocycles. The fraction of sp³-hybridized carbons (Fsp3) is 0.600. The van der Waals surface area contributed by atoms with Gasteiger partial charge in [-0.3, -0.25) is 9.59 Å². The lowest BCUT2D eigenvalue weighted by molar-refractivity contribution is -0.134. The zero-order chi connectivity index (χ0) is 19.1. The molecule has 7 nitrogen and oxygen atoms in total. The second-order valence-electron chi connectivity index (χ2n) is 8.18. The highest BCUT2D eigenvalue weighted by Crippen LogP contribution is 2.39. The number of nitrogens with zero attached hydrogens (tertiary/aromatic N) is 1. The molecule has 7 heteroatoms. The minimum Gasteiger partial charge on any atom is -0.507 e. The molecule has 3 aliphatic rings. The number of phenols is 2. The van der Waals surface area contributed by atoms with Crippen molar-refractivity contribution in [2.75, 3.05) is 13.1 Å². The minimum atomic E-state index is -0.821. The van der Waals surface area contributed by atoms with E-state index in [0.29, 0.717) is 24.7 Å². The van der Waals surface area contributed by atoms with Gasteiger partial charge in [-0.05, 0) is 49.7 Å². The van der Waals surface area contributed by atoms with Crippen molar-refractivity contribution in [1.82, 2.24) is 10.2 Å². The molecule has 1 saturated heterocycles. The number of benzene rings is 1. The summed E-state index contributed by atoms with van der Waals surface area (Å²) in [6.07, 6.45) is 3.52. The Morgan fingerprint density at radius 2 is 1.67 bits per heavy atom. The summed E-state index contributed by atoms with van der Waals surface area (Å²) in [4.78, 5) is 27.2. The van der Waals surface area contributed by atoms with Gasteiger partial charge >= 0.3 is 0 Å². The quantitative estimate of drug-likeness (QED) is 0.636. The average Bonchev–Trinajstić information content (AvgIpc) is 3.29. The predicted octanol–water partition coefficient (Wildman–Crippen LogP) is 1.23. The van der Waals surface area contributed by atoms with Crippen molar-refractivity contribution >= 4 is 11.8 Å². The topological polar surface area (TPSA) is 110 Å². The molecule has 1 aromatic rings. The summed E-state index contributed by atoms with van der Waals surface area (Å²) in [6.45, 7) is 1.64. The Kier molecular flexibility index (Phi) is 4.72. The molecule has 146 valence electrons. The normalized spacial score (nSPS) is 32.5. The van der Waals surface area contributed by atoms with Crippen LogP contribution >= 0.6 is 0 Å². The third-order valence-electron chi connectivity index (χ3n) is 6.48. The van der Waals surface area contributed by atoms with E-state index in [-0.39, 0.29) is 28.9 Å². The van der Waals surface area contributed by atoms with Crippen molar-refractivity contribution in [2.24, 2.45) is 17.8 Å². The highest BCUT2D eigenvalue weighted by atomic mass is 16.3. The molecular weight excluding hydrogens is 348 g/mol. The molecule has 27 heavy (non-hydrogen) atoms. The second kappa shape index (κ2) is 7.03. The third kappa shape index (κ3) is 3.36. The summed E-state index contributed by atoms with van der Waals surface area (Å²) < 4.78 is 0. The predicted molar refractivity (Wildman–Crippen MR) is 97.2 cm³/mol. The third-order valence-corrected chi connectivity index (χ3v) is 6.48. The number of carbonyl (C=O) groups is 2. The van der Waals surface area contributed by atoms with Crippen LogP contribution in [0.15, 0.2) is 18.2 Å². The number of aliphatic hydroxyl groups is 1. The number of hydrogen-bond acceptors (Lipinski definition) is 5. The number of hydrogen-bond donors (Lipinski definition) is 4. The fourth-order valence-electron chi connectivity index (χ4n) is 5.05. The van der Waals surface area contributed by atoms with E-state index in [0.717, 1.165) is 13.1 Å². The van der Waals surface area contributed by atoms with Crippen molar-refractivity contribution in [1.29, 1.82) is 0 Å². The van der Waals surface area contributed by atoms with Gasteiger partial charge in [0.25, 0.3) is 5.91 Å². The first-order valence-corrected chi connectivity index (χ1v) is 9.72. The van der Waals surface area contributed by atoms with E-state index in [1.165, 1.54) is 37.5 Å². The van der Waals surface area contributed by atoms with Gasteiger partial charge in [0.05, 0.1) is 12.1 Å². The van der Waals surface area contributed by atoms with Crippen LogP contribution in [-0.4, -0.2) is 57.3 Å². The minimum absolute atomic E-state index is 0.0746. The summed E-state index contributed by atoms with van der Waals surface area (Å²) >= 11 is 0. The van der Waals surface area contributed by atoms with Gasteiger partial charge in [-0.25, -0.2) is 0 Å². The van der Waals surface area contributed by atoms with Gasteiger partial charge in [0.2, 0.25) is 5.91 Å². The van der Waals surface area contributed by atoms with E-state index < -0.39 is 18.1 Å². The van der Waals surface area contributed by atoms with Crippen LogP contribution in [0.25, 0.3) is 0 Å². The fourth-order valence-corrected chi connectivity index (χ4v) is 5.05. The number of likely N-dealkylation sites (tertiary alicyclic amines) is 1. The zero-order valence-electron chi connectivity index (χ0n) is 15.2. The first-order chi connectivity index (χ1) is 12.9. The van der Waals surface area contributed by atoms with Gasteiger partial charge in [-0.15, -0.1) is 0 Å². The molecule has 0 unspecified atom stereocenters. The number of aromatic hydroxyl groups is 2. The monoisotopic (exact) mass is 374 g/mol. The number of fused-ring (bicyclic) bond motifs is 1. The van der Waals surface area contributed by atoms with E-state index in [1.54, 1.807) is 0 Å². The van der Waals surface area contributed by atoms with E-state index in [4.69, 9.17) is 0 Å².